The van der Waals surface area contributed by atoms with Crippen LogP contribution in [0.1, 0.15) is 120 Å². The van der Waals surface area contributed by atoms with Crippen LogP contribution in [-0.2, 0) is 10.8 Å². The van der Waals surface area contributed by atoms with Crippen LogP contribution < -0.4 is 0 Å². The molecule has 9 aromatic rings. The number of hydrogen-bond donors (Lipinski definition) is 1. The molecule has 0 saturated heterocycles. The van der Waals surface area contributed by atoms with Crippen molar-refractivity contribution in [3.63, 3.8) is 0 Å². The smallest absolute Gasteiger partial charge is 0.149 e. The molecule has 0 spiro atoms. The van der Waals surface area contributed by atoms with Gasteiger partial charge in [-0.25, -0.2) is 4.98 Å². The Kier molecular flexibility index (Phi) is 9.51. The van der Waals surface area contributed by atoms with Crippen molar-refractivity contribution in [2.45, 2.75) is 98.8 Å². The van der Waals surface area contributed by atoms with Crippen LogP contribution in [0.15, 0.2) is 164 Å². The van der Waals surface area contributed by atoms with E-state index < -0.39 is 25.0 Å². The molecule has 0 unspecified atom stereocenters. The summed E-state index contributed by atoms with van der Waals surface area (Å²) in [5, 5.41) is 12.5. The van der Waals surface area contributed by atoms with E-state index in [4.69, 9.17) is 20.9 Å². The molecule has 1 N–H and O–H groups in total. The highest BCUT2D eigenvalue weighted by molar-refractivity contribution is 5.98. The molecule has 2 heterocycles. The minimum absolute atomic E-state index is 0.0343. The molecule has 0 radical (unpaired) electrons. The van der Waals surface area contributed by atoms with Crippen molar-refractivity contribution in [2.75, 3.05) is 0 Å². The number of rotatable bonds is 9. The molecule has 0 fully saturated rings. The number of para-hydroxylation sites is 1. The van der Waals surface area contributed by atoms with Crippen LogP contribution in [0.25, 0.3) is 83.9 Å². The molecule has 0 aliphatic heterocycles. The normalized spacial score (nSPS) is 14.0. The molecule has 0 saturated carbocycles. The van der Waals surface area contributed by atoms with E-state index in [1.807, 2.05) is 83.4 Å². The summed E-state index contributed by atoms with van der Waals surface area (Å²) in [6, 6.07) is 39.8. The fourth-order valence-electron chi connectivity index (χ4n) is 8.89. The number of phenols is 1. The van der Waals surface area contributed by atoms with Gasteiger partial charge in [-0.3, -0.25) is 9.55 Å². The number of nitrogens with zero attached hydrogens (tertiary/aromatic N) is 3. The zero-order valence-corrected chi connectivity index (χ0v) is 40.1. The summed E-state index contributed by atoms with van der Waals surface area (Å²) in [6.07, 6.45) is 1.59. The van der Waals surface area contributed by atoms with E-state index in [1.165, 1.54) is 0 Å². The number of fused-ring (bicyclic) bond motifs is 1. The van der Waals surface area contributed by atoms with Crippen molar-refractivity contribution in [3.8, 4) is 78.6 Å². The van der Waals surface area contributed by atoms with Crippen molar-refractivity contribution in [2.24, 2.45) is 0 Å². The molecule has 0 aliphatic carbocycles. The largest absolute Gasteiger partial charge is 0.507 e. The molecule has 67 heavy (non-hydrogen) atoms. The maximum Gasteiger partial charge on any atom is 0.149 e. The average molecular weight is 886 g/mol. The first-order valence-corrected chi connectivity index (χ1v) is 23.2. The van der Waals surface area contributed by atoms with E-state index in [-0.39, 0.29) is 51.6 Å². The Hall–Kier alpha value is -7.04. The van der Waals surface area contributed by atoms with Crippen molar-refractivity contribution in [1.82, 2.24) is 14.5 Å². The van der Waals surface area contributed by atoms with Gasteiger partial charge in [0.15, 0.2) is 0 Å². The van der Waals surface area contributed by atoms with E-state index in [1.54, 1.807) is 24.4 Å². The van der Waals surface area contributed by atoms with Crippen LogP contribution in [-0.4, -0.2) is 19.6 Å². The van der Waals surface area contributed by atoms with Crippen LogP contribution in [0.5, 0.6) is 5.75 Å². The first kappa shape index (κ1) is 36.1. The monoisotopic (exact) mass is 886 g/mol. The van der Waals surface area contributed by atoms with Gasteiger partial charge in [-0.15, -0.1) is 0 Å². The number of imidazole rings is 1. The summed E-state index contributed by atoms with van der Waals surface area (Å²) < 4.78 is 71.8. The van der Waals surface area contributed by atoms with Gasteiger partial charge in [0.05, 0.1) is 34.8 Å². The van der Waals surface area contributed by atoms with Crippen LogP contribution in [0.2, 0.25) is 0 Å². The highest BCUT2D eigenvalue weighted by Gasteiger charge is 2.27. The number of aromatic nitrogens is 3. The van der Waals surface area contributed by atoms with Gasteiger partial charge >= 0.3 is 0 Å². The first-order chi connectivity index (χ1) is 35.2. The van der Waals surface area contributed by atoms with Crippen molar-refractivity contribution in [1.29, 1.82) is 0 Å². The van der Waals surface area contributed by atoms with E-state index >= 15 is 0 Å². The number of hydrogen-bond acceptors (Lipinski definition) is 3. The molecular weight excluding hydrogens is 815 g/mol. The molecule has 0 amide bonds. The number of phenolic OH excluding ortho intramolecular Hbond substituents is 1. The molecule has 0 bridgehead atoms. The van der Waals surface area contributed by atoms with E-state index in [0.717, 1.165) is 55.6 Å². The summed E-state index contributed by atoms with van der Waals surface area (Å²) in [5.74, 6) is 0.610. The summed E-state index contributed by atoms with van der Waals surface area (Å²) in [4.78, 5) is 10.4. The Morgan fingerprint density at radius 1 is 0.567 bits per heavy atom. The summed E-state index contributed by atoms with van der Waals surface area (Å²) >= 11 is 0. The summed E-state index contributed by atoms with van der Waals surface area (Å²) in [5.41, 5.74) is 12.4. The van der Waals surface area contributed by atoms with Crippen LogP contribution in [0.3, 0.4) is 0 Å². The van der Waals surface area contributed by atoms with Gasteiger partial charge in [0, 0.05) is 27.0 Å². The lowest BCUT2D eigenvalue weighted by molar-refractivity contribution is 0.466. The molecular formula is C63H63N3O. The highest BCUT2D eigenvalue weighted by atomic mass is 16.3. The fraction of sp³-hybridized carbons (Fsp3) is 0.238. The standard InChI is InChI=1S/C63H63N3O/c1-39(2)46-35-52(40(3)4)60(67)55(36-46)61-65-59-51(47-32-48(34-50(33-47)63(9,10)11)56-37-45(29-30-64-56)42-19-14-12-15-20-42)23-18-24-57(59)66(61)58-31-41(5)53(38-54(58)43-21-16-13-17-22-43)44-25-27-49(28-26-44)62(6,7)8/h12-40,67H,1-11H3/i5D3,12D,14D,15D,19D,20D. The molecule has 4 heteroatoms. The van der Waals surface area contributed by atoms with E-state index in [0.29, 0.717) is 44.9 Å². The summed E-state index contributed by atoms with van der Waals surface area (Å²) in [7, 11) is 0. The Morgan fingerprint density at radius 3 is 1.94 bits per heavy atom. The maximum absolute atomic E-state index is 12.5. The van der Waals surface area contributed by atoms with Gasteiger partial charge in [0.1, 0.15) is 11.6 Å². The van der Waals surface area contributed by atoms with Gasteiger partial charge < -0.3 is 5.11 Å². The third kappa shape index (κ3) is 8.86. The Bertz CT molecular complexity index is 3640. The van der Waals surface area contributed by atoms with Crippen molar-refractivity contribution < 1.29 is 16.1 Å². The molecule has 4 nitrogen and oxygen atoms in total. The second-order valence-electron chi connectivity index (χ2n) is 20.3. The predicted molar refractivity (Wildman–Crippen MR) is 283 cm³/mol. The molecule has 0 atom stereocenters. The average Bonchev–Trinajstić information content (AvgIpc) is 3.76. The van der Waals surface area contributed by atoms with Crippen LogP contribution in [0, 0.1) is 6.85 Å². The van der Waals surface area contributed by atoms with Crippen LogP contribution in [0.4, 0.5) is 0 Å². The highest BCUT2D eigenvalue weighted by Crippen LogP contribution is 2.45. The maximum atomic E-state index is 12.5. The lowest BCUT2D eigenvalue weighted by Crippen LogP contribution is -2.11. The van der Waals surface area contributed by atoms with Crippen molar-refractivity contribution >= 4 is 11.0 Å². The molecule has 2 aromatic heterocycles. The van der Waals surface area contributed by atoms with Gasteiger partial charge in [-0.2, -0.15) is 0 Å². The zero-order valence-electron chi connectivity index (χ0n) is 48.1. The number of aromatic hydroxyl groups is 1. The minimum Gasteiger partial charge on any atom is -0.507 e. The van der Waals surface area contributed by atoms with Gasteiger partial charge in [0.25, 0.3) is 0 Å². The Morgan fingerprint density at radius 2 is 1.27 bits per heavy atom. The quantitative estimate of drug-likeness (QED) is 0.157. The van der Waals surface area contributed by atoms with Gasteiger partial charge in [-0.05, 0) is 139 Å². The lowest BCUT2D eigenvalue weighted by atomic mass is 9.83. The van der Waals surface area contributed by atoms with E-state index in [9.17, 15) is 5.11 Å². The second kappa shape index (κ2) is 17.6. The van der Waals surface area contributed by atoms with Crippen molar-refractivity contribution in [3.05, 3.63) is 192 Å². The topological polar surface area (TPSA) is 50.9 Å². The molecule has 336 valence electrons. The summed E-state index contributed by atoms with van der Waals surface area (Å²) in [6.45, 7) is 18.7. The molecule has 7 aromatic carbocycles. The minimum atomic E-state index is -2.54. The lowest BCUT2D eigenvalue weighted by Gasteiger charge is -2.22. The second-order valence-corrected chi connectivity index (χ2v) is 20.3. The predicted octanol–water partition coefficient (Wildman–Crippen LogP) is 17.3. The zero-order chi connectivity index (χ0) is 54.2. The number of benzene rings is 7. The molecule has 9 rings (SSSR count). The van der Waals surface area contributed by atoms with Gasteiger partial charge in [-0.1, -0.05) is 178 Å². The Balaban J connectivity index is 1.38. The SMILES string of the molecule is [2H]c1c([2H])c([2H])c(-c2ccnc(-c3cc(-c4cccc5c4nc(-c4cc(C(C)C)cc(C(C)C)c4O)n5-c4cc(C([2H])([2H])[2H])c(-c5ccc(C(C)(C)C)cc5)cc4-c4ccccc4)cc(C(C)(C)C)c3)c2)c([2H])c1[2H]. The van der Waals surface area contributed by atoms with Crippen LogP contribution >= 0.6 is 0 Å². The Labute approximate surface area is 409 Å². The van der Waals surface area contributed by atoms with E-state index in [2.05, 4.69) is 99.6 Å². The molecule has 0 aliphatic rings. The first-order valence-electron chi connectivity index (χ1n) is 27.2. The number of pyridine rings is 1. The third-order valence-corrected chi connectivity index (χ3v) is 12.9. The van der Waals surface area contributed by atoms with Gasteiger partial charge in [0.2, 0.25) is 0 Å². The number of aryl methyl sites for hydroxylation is 1. The fourth-order valence-corrected chi connectivity index (χ4v) is 8.89. The third-order valence-electron chi connectivity index (χ3n) is 12.9.